The highest BCUT2D eigenvalue weighted by Gasteiger charge is 2.13. The highest BCUT2D eigenvalue weighted by molar-refractivity contribution is 5.59. The molecule has 0 aromatic rings. The molecule has 0 bridgehead atoms. The average Bonchev–Trinajstić information content (AvgIpc) is 2.33. The van der Waals surface area contributed by atoms with Crippen molar-refractivity contribution in [3.05, 3.63) is 5.21 Å². The molecule has 9 nitrogen and oxygen atoms in total. The largest absolute Gasteiger partial charge is 0.569 e. The van der Waals surface area contributed by atoms with Crippen molar-refractivity contribution in [1.82, 2.24) is 5.01 Å². The van der Waals surface area contributed by atoms with E-state index in [1.54, 1.807) is 6.92 Å². The van der Waals surface area contributed by atoms with Gasteiger partial charge in [-0.1, -0.05) is 0 Å². The van der Waals surface area contributed by atoms with E-state index in [0.29, 0.717) is 13.0 Å². The lowest BCUT2D eigenvalue weighted by Gasteiger charge is -2.13. The molecule has 0 heterocycles. The van der Waals surface area contributed by atoms with Crippen LogP contribution >= 0.6 is 0 Å². The van der Waals surface area contributed by atoms with Crippen molar-refractivity contribution in [3.63, 3.8) is 0 Å². The van der Waals surface area contributed by atoms with Crippen molar-refractivity contribution in [2.75, 3.05) is 26.8 Å². The Bertz CT molecular complexity index is 273. The molecule has 9 heteroatoms. The van der Waals surface area contributed by atoms with Gasteiger partial charge in [-0.2, -0.15) is 0 Å². The minimum atomic E-state index is -1.04. The molecular weight excluding hydrogens is 246 g/mol. The second-order valence-corrected chi connectivity index (χ2v) is 3.27. The lowest BCUT2D eigenvalue weighted by atomic mass is 10.4. The molecule has 106 valence electrons. The van der Waals surface area contributed by atoms with Crippen LogP contribution in [0.25, 0.3) is 0 Å². The molecule has 0 aromatic heterocycles. The predicted octanol–water partition coefficient (Wildman–Crippen LogP) is 0.629. The molecule has 1 atom stereocenters. The average molecular weight is 265 g/mol. The number of nitrogens with zero attached hydrogens (tertiary/aromatic N) is 3. The van der Waals surface area contributed by atoms with Crippen LogP contribution in [0, 0.1) is 5.21 Å². The molecule has 0 amide bonds. The van der Waals surface area contributed by atoms with Crippen molar-refractivity contribution in [2.45, 2.75) is 26.6 Å². The molecule has 0 aromatic carbocycles. The second-order valence-electron chi connectivity index (χ2n) is 3.27. The van der Waals surface area contributed by atoms with Crippen LogP contribution in [0.4, 0.5) is 4.79 Å². The molecule has 18 heavy (non-hydrogen) atoms. The highest BCUT2D eigenvalue weighted by atomic mass is 16.8. The summed E-state index contributed by atoms with van der Waals surface area (Å²) in [6.45, 7) is 3.50. The fourth-order valence-electron chi connectivity index (χ4n) is 0.863. The summed E-state index contributed by atoms with van der Waals surface area (Å²) in [6, 6.07) is 0. The number of rotatable bonds is 8. The van der Waals surface area contributed by atoms with E-state index in [0.717, 1.165) is 0 Å². The van der Waals surface area contributed by atoms with Crippen LogP contribution in [-0.4, -0.2) is 54.3 Å². The normalized spacial score (nSPS) is 12.8. The second kappa shape index (κ2) is 9.28. The highest BCUT2D eigenvalue weighted by Crippen LogP contribution is 1.98. The Morgan fingerprint density at radius 1 is 1.61 bits per heavy atom. The molecule has 1 unspecified atom stereocenters. The van der Waals surface area contributed by atoms with E-state index >= 15 is 0 Å². The zero-order valence-electron chi connectivity index (χ0n) is 10.7. The predicted molar refractivity (Wildman–Crippen MR) is 59.0 cm³/mol. The smallest absolute Gasteiger partial charge is 0.511 e. The number of hydrogen-bond acceptors (Lipinski definition) is 7. The Labute approximate surface area is 105 Å². The molecule has 0 saturated heterocycles. The van der Waals surface area contributed by atoms with Crippen molar-refractivity contribution in [1.29, 1.82) is 0 Å². The zero-order chi connectivity index (χ0) is 14.0. The Balaban J connectivity index is 3.99. The molecule has 0 aliphatic rings. The van der Waals surface area contributed by atoms with E-state index in [9.17, 15) is 10.0 Å². The summed E-state index contributed by atoms with van der Waals surface area (Å²) in [5, 5.41) is 24.2. The SMILES string of the molecule is CCOC(=O)OC(C)ON=[N+]([O-])N(C)CCCO. The first-order valence-electron chi connectivity index (χ1n) is 5.50. The first-order chi connectivity index (χ1) is 8.51. The molecule has 0 radical (unpaired) electrons. The van der Waals surface area contributed by atoms with E-state index in [-0.39, 0.29) is 18.2 Å². The van der Waals surface area contributed by atoms with E-state index in [2.05, 4.69) is 19.6 Å². The molecule has 1 N–H and O–H groups in total. The summed E-state index contributed by atoms with van der Waals surface area (Å²) in [6.07, 6.45) is -1.50. The summed E-state index contributed by atoms with van der Waals surface area (Å²) in [4.78, 5) is 15.7. The van der Waals surface area contributed by atoms with E-state index in [4.69, 9.17) is 5.11 Å². The summed E-state index contributed by atoms with van der Waals surface area (Å²) in [5.74, 6) is 0. The number of hydrazine groups is 1. The van der Waals surface area contributed by atoms with Gasteiger partial charge < -0.3 is 19.8 Å². The fraction of sp³-hybridized carbons (Fsp3) is 0.889. The van der Waals surface area contributed by atoms with Crippen molar-refractivity contribution >= 4 is 6.16 Å². The van der Waals surface area contributed by atoms with Crippen LogP contribution in [0.15, 0.2) is 5.28 Å². The van der Waals surface area contributed by atoms with Crippen LogP contribution in [0.2, 0.25) is 0 Å². The Morgan fingerprint density at radius 2 is 2.28 bits per heavy atom. The van der Waals surface area contributed by atoms with Crippen molar-refractivity contribution in [2.24, 2.45) is 5.28 Å². The van der Waals surface area contributed by atoms with Gasteiger partial charge in [-0.25, -0.2) is 4.79 Å². The van der Waals surface area contributed by atoms with Gasteiger partial charge in [0.25, 0.3) is 6.29 Å². The number of carbonyl (C=O) groups is 1. The Kier molecular flexibility index (Phi) is 8.37. The van der Waals surface area contributed by atoms with Gasteiger partial charge >= 0.3 is 6.16 Å². The maximum Gasteiger partial charge on any atom is 0.511 e. The lowest BCUT2D eigenvalue weighted by molar-refractivity contribution is -0.707. The molecule has 0 fully saturated rings. The number of ether oxygens (including phenoxy) is 2. The monoisotopic (exact) mass is 265 g/mol. The number of aliphatic hydroxyl groups excluding tert-OH is 1. The van der Waals surface area contributed by atoms with E-state index in [1.165, 1.54) is 19.0 Å². The standard InChI is InChI=1S/C9H19N3O6/c1-4-16-9(14)17-8(2)18-10-12(15)11(3)6-5-7-13/h8,13H,4-7H2,1-3H3. The molecule has 0 saturated carbocycles. The molecular formula is C9H19N3O6. The summed E-state index contributed by atoms with van der Waals surface area (Å²) in [7, 11) is 1.48. The lowest BCUT2D eigenvalue weighted by Crippen LogP contribution is -2.28. The van der Waals surface area contributed by atoms with Crippen molar-refractivity contribution < 1.29 is 29.2 Å². The van der Waals surface area contributed by atoms with Crippen LogP contribution in [0.1, 0.15) is 20.3 Å². The number of hydrogen-bond donors (Lipinski definition) is 1. The van der Waals surface area contributed by atoms with Gasteiger partial charge in [0, 0.05) is 13.5 Å². The van der Waals surface area contributed by atoms with E-state index in [1.807, 2.05) is 0 Å². The summed E-state index contributed by atoms with van der Waals surface area (Å²) in [5.41, 5.74) is 0. The summed E-state index contributed by atoms with van der Waals surface area (Å²) < 4.78 is 9.11. The van der Waals surface area contributed by atoms with Gasteiger partial charge in [-0.15, -0.1) is 5.01 Å². The maximum atomic E-state index is 11.3. The van der Waals surface area contributed by atoms with Gasteiger partial charge in [-0.3, -0.25) is 4.84 Å². The fourth-order valence-corrected chi connectivity index (χ4v) is 0.863. The number of carbonyl (C=O) groups excluding carboxylic acids is 1. The topological polar surface area (TPSA) is 107 Å². The molecule has 0 rings (SSSR count). The number of aliphatic hydroxyl groups is 1. The van der Waals surface area contributed by atoms with Crippen LogP contribution in [-0.2, 0) is 14.3 Å². The minimum Gasteiger partial charge on any atom is -0.569 e. The van der Waals surface area contributed by atoms with Gasteiger partial charge in [0.2, 0.25) is 5.28 Å². The summed E-state index contributed by atoms with van der Waals surface area (Å²) >= 11 is 0. The third-order valence-corrected chi connectivity index (χ3v) is 1.72. The minimum absolute atomic E-state index is 0.0264. The Morgan fingerprint density at radius 3 is 2.83 bits per heavy atom. The van der Waals surface area contributed by atoms with Gasteiger partial charge in [0.05, 0.1) is 25.2 Å². The van der Waals surface area contributed by atoms with E-state index < -0.39 is 12.4 Å². The van der Waals surface area contributed by atoms with Crippen LogP contribution < -0.4 is 0 Å². The first kappa shape index (κ1) is 16.2. The van der Waals surface area contributed by atoms with Gasteiger partial charge in [0.15, 0.2) is 0 Å². The Hall–Kier alpha value is -1.77. The first-order valence-corrected chi connectivity index (χ1v) is 5.50. The molecule has 0 aliphatic heterocycles. The third kappa shape index (κ3) is 7.49. The molecule has 0 spiro atoms. The van der Waals surface area contributed by atoms with Gasteiger partial charge in [-0.05, 0) is 13.3 Å². The van der Waals surface area contributed by atoms with Gasteiger partial charge in [0.1, 0.15) is 0 Å². The van der Waals surface area contributed by atoms with Crippen molar-refractivity contribution in [3.8, 4) is 0 Å². The quantitative estimate of drug-likeness (QED) is 0.225. The molecule has 0 aliphatic carbocycles. The zero-order valence-corrected chi connectivity index (χ0v) is 10.7. The van der Waals surface area contributed by atoms with Crippen LogP contribution in [0.5, 0.6) is 0 Å². The third-order valence-electron chi connectivity index (χ3n) is 1.72. The maximum absolute atomic E-state index is 11.3. The van der Waals surface area contributed by atoms with Crippen LogP contribution in [0.3, 0.4) is 0 Å².